The summed E-state index contributed by atoms with van der Waals surface area (Å²) in [5, 5.41) is 4.42. The first kappa shape index (κ1) is 17.2. The summed E-state index contributed by atoms with van der Waals surface area (Å²) < 4.78 is 10.6. The standard InChI is InChI=1S/C21H23NO3/c1-14-4-9-19-17(12-20(23)25-21(19)15(14)2)13-22-11-10-16-5-7-18(24-3)8-6-16/h4-9,12,22H,10-11,13H2,1-3H3. The number of nitrogens with one attached hydrogen (secondary N) is 1. The van der Waals surface area contributed by atoms with Gasteiger partial charge < -0.3 is 14.5 Å². The Morgan fingerprint density at radius 1 is 1.08 bits per heavy atom. The van der Waals surface area contributed by atoms with E-state index in [1.807, 2.05) is 32.0 Å². The fourth-order valence-corrected chi connectivity index (χ4v) is 2.92. The second kappa shape index (κ2) is 7.53. The van der Waals surface area contributed by atoms with E-state index in [9.17, 15) is 4.79 Å². The van der Waals surface area contributed by atoms with E-state index < -0.39 is 0 Å². The summed E-state index contributed by atoms with van der Waals surface area (Å²) in [6.07, 6.45) is 0.918. The van der Waals surface area contributed by atoms with Crippen LogP contribution in [-0.4, -0.2) is 13.7 Å². The van der Waals surface area contributed by atoms with Crippen LogP contribution in [0.5, 0.6) is 5.75 Å². The SMILES string of the molecule is COc1ccc(CCNCc2cc(=O)oc3c(C)c(C)ccc23)cc1. The molecule has 0 saturated carbocycles. The Morgan fingerprint density at radius 2 is 1.84 bits per heavy atom. The summed E-state index contributed by atoms with van der Waals surface area (Å²) in [6.45, 7) is 5.48. The van der Waals surface area contributed by atoms with Crippen molar-refractivity contribution in [2.75, 3.05) is 13.7 Å². The van der Waals surface area contributed by atoms with E-state index in [1.165, 1.54) is 5.56 Å². The summed E-state index contributed by atoms with van der Waals surface area (Å²) in [4.78, 5) is 11.9. The average molecular weight is 337 g/mol. The largest absolute Gasteiger partial charge is 0.497 e. The van der Waals surface area contributed by atoms with Crippen LogP contribution >= 0.6 is 0 Å². The molecule has 0 amide bonds. The number of aryl methyl sites for hydroxylation is 2. The maximum absolute atomic E-state index is 11.9. The maximum Gasteiger partial charge on any atom is 0.336 e. The number of ether oxygens (including phenoxy) is 1. The van der Waals surface area contributed by atoms with Crippen LogP contribution in [0.4, 0.5) is 0 Å². The van der Waals surface area contributed by atoms with Crippen molar-refractivity contribution in [1.29, 1.82) is 0 Å². The minimum Gasteiger partial charge on any atom is -0.497 e. The molecule has 0 atom stereocenters. The van der Waals surface area contributed by atoms with Gasteiger partial charge in [-0.05, 0) is 61.2 Å². The monoisotopic (exact) mass is 337 g/mol. The molecule has 3 aromatic rings. The number of hydrogen-bond donors (Lipinski definition) is 1. The van der Waals surface area contributed by atoms with E-state index in [1.54, 1.807) is 13.2 Å². The molecule has 4 nitrogen and oxygen atoms in total. The van der Waals surface area contributed by atoms with Gasteiger partial charge in [-0.2, -0.15) is 0 Å². The van der Waals surface area contributed by atoms with Crippen LogP contribution in [0, 0.1) is 13.8 Å². The third-order valence-corrected chi connectivity index (χ3v) is 4.58. The van der Waals surface area contributed by atoms with Crippen molar-refractivity contribution in [3.05, 3.63) is 75.1 Å². The lowest BCUT2D eigenvalue weighted by atomic mass is 10.0. The van der Waals surface area contributed by atoms with Crippen LogP contribution < -0.4 is 15.7 Å². The molecule has 0 aliphatic heterocycles. The molecule has 0 fully saturated rings. The van der Waals surface area contributed by atoms with Crippen molar-refractivity contribution in [2.24, 2.45) is 0 Å². The van der Waals surface area contributed by atoms with E-state index in [0.717, 1.165) is 40.8 Å². The van der Waals surface area contributed by atoms with Gasteiger partial charge in [-0.15, -0.1) is 0 Å². The summed E-state index contributed by atoms with van der Waals surface area (Å²) in [6, 6.07) is 13.8. The van der Waals surface area contributed by atoms with Crippen LogP contribution in [0.2, 0.25) is 0 Å². The zero-order chi connectivity index (χ0) is 17.8. The van der Waals surface area contributed by atoms with Crippen molar-refractivity contribution < 1.29 is 9.15 Å². The Balaban J connectivity index is 1.68. The molecule has 25 heavy (non-hydrogen) atoms. The Bertz CT molecular complexity index is 926. The second-order valence-corrected chi connectivity index (χ2v) is 6.25. The van der Waals surface area contributed by atoms with E-state index in [4.69, 9.17) is 9.15 Å². The van der Waals surface area contributed by atoms with Crippen molar-refractivity contribution >= 4 is 11.0 Å². The smallest absolute Gasteiger partial charge is 0.336 e. The second-order valence-electron chi connectivity index (χ2n) is 6.25. The summed E-state index contributed by atoms with van der Waals surface area (Å²) in [5.41, 5.74) is 4.77. The third kappa shape index (κ3) is 3.91. The molecule has 1 heterocycles. The first-order valence-electron chi connectivity index (χ1n) is 8.45. The number of fused-ring (bicyclic) bond motifs is 1. The molecule has 0 saturated heterocycles. The molecule has 0 aliphatic rings. The van der Waals surface area contributed by atoms with Crippen LogP contribution in [0.3, 0.4) is 0 Å². The zero-order valence-corrected chi connectivity index (χ0v) is 14.9. The molecule has 0 aliphatic carbocycles. The van der Waals surface area contributed by atoms with Crippen molar-refractivity contribution in [3.8, 4) is 5.75 Å². The minimum absolute atomic E-state index is 0.298. The Morgan fingerprint density at radius 3 is 2.56 bits per heavy atom. The van der Waals surface area contributed by atoms with Gasteiger partial charge >= 0.3 is 5.63 Å². The fourth-order valence-electron chi connectivity index (χ4n) is 2.92. The van der Waals surface area contributed by atoms with Gasteiger partial charge in [-0.1, -0.05) is 24.3 Å². The van der Waals surface area contributed by atoms with Gasteiger partial charge in [-0.25, -0.2) is 4.79 Å². The molecule has 0 spiro atoms. The summed E-state index contributed by atoms with van der Waals surface area (Å²) in [5.74, 6) is 0.866. The lowest BCUT2D eigenvalue weighted by Crippen LogP contribution is -2.18. The predicted octanol–water partition coefficient (Wildman–Crippen LogP) is 3.75. The number of benzene rings is 2. The summed E-state index contributed by atoms with van der Waals surface area (Å²) in [7, 11) is 1.67. The third-order valence-electron chi connectivity index (χ3n) is 4.58. The number of methoxy groups -OCH3 is 1. The molecule has 3 rings (SSSR count). The zero-order valence-electron chi connectivity index (χ0n) is 14.9. The molecule has 0 radical (unpaired) electrons. The van der Waals surface area contributed by atoms with Gasteiger partial charge in [0, 0.05) is 18.0 Å². The van der Waals surface area contributed by atoms with Crippen molar-refractivity contribution in [2.45, 2.75) is 26.8 Å². The molecule has 4 heteroatoms. The first-order valence-corrected chi connectivity index (χ1v) is 8.45. The number of rotatable bonds is 6. The molecular formula is C21H23NO3. The highest BCUT2D eigenvalue weighted by atomic mass is 16.5. The predicted molar refractivity (Wildman–Crippen MR) is 100 cm³/mol. The number of hydrogen-bond acceptors (Lipinski definition) is 4. The van der Waals surface area contributed by atoms with Gasteiger partial charge in [0.15, 0.2) is 0 Å². The minimum atomic E-state index is -0.298. The van der Waals surface area contributed by atoms with Gasteiger partial charge in [0.05, 0.1) is 7.11 Å². The van der Waals surface area contributed by atoms with Crippen LogP contribution in [-0.2, 0) is 13.0 Å². The lowest BCUT2D eigenvalue weighted by Gasteiger charge is -2.10. The Kier molecular flexibility index (Phi) is 5.19. The molecule has 1 N–H and O–H groups in total. The summed E-state index contributed by atoms with van der Waals surface area (Å²) >= 11 is 0. The Labute approximate surface area is 147 Å². The van der Waals surface area contributed by atoms with Gasteiger partial charge in [0.2, 0.25) is 0 Å². The van der Waals surface area contributed by atoms with E-state index in [-0.39, 0.29) is 5.63 Å². The molecule has 2 aromatic carbocycles. The van der Waals surface area contributed by atoms with E-state index in [2.05, 4.69) is 23.5 Å². The molecule has 130 valence electrons. The van der Waals surface area contributed by atoms with Crippen LogP contribution in [0.25, 0.3) is 11.0 Å². The Hall–Kier alpha value is -2.59. The van der Waals surface area contributed by atoms with Crippen molar-refractivity contribution in [3.63, 3.8) is 0 Å². The molecule has 0 unspecified atom stereocenters. The van der Waals surface area contributed by atoms with Crippen LogP contribution in [0.15, 0.2) is 51.7 Å². The highest BCUT2D eigenvalue weighted by Crippen LogP contribution is 2.23. The molecule has 0 bridgehead atoms. The quantitative estimate of drug-likeness (QED) is 0.550. The van der Waals surface area contributed by atoms with Crippen molar-refractivity contribution in [1.82, 2.24) is 5.32 Å². The highest BCUT2D eigenvalue weighted by molar-refractivity contribution is 5.83. The van der Waals surface area contributed by atoms with Gasteiger partial charge in [0.25, 0.3) is 0 Å². The fraction of sp³-hybridized carbons (Fsp3) is 0.286. The normalized spacial score (nSPS) is 11.0. The molecular weight excluding hydrogens is 314 g/mol. The highest BCUT2D eigenvalue weighted by Gasteiger charge is 2.09. The van der Waals surface area contributed by atoms with Gasteiger partial charge in [0.1, 0.15) is 11.3 Å². The van der Waals surface area contributed by atoms with E-state index in [0.29, 0.717) is 12.1 Å². The maximum atomic E-state index is 11.9. The van der Waals surface area contributed by atoms with Crippen LogP contribution in [0.1, 0.15) is 22.3 Å². The topological polar surface area (TPSA) is 51.5 Å². The van der Waals surface area contributed by atoms with Gasteiger partial charge in [-0.3, -0.25) is 0 Å². The molecule has 1 aromatic heterocycles. The van der Waals surface area contributed by atoms with E-state index >= 15 is 0 Å². The average Bonchev–Trinajstić information content (AvgIpc) is 2.62. The first-order chi connectivity index (χ1) is 12.1. The lowest BCUT2D eigenvalue weighted by molar-refractivity contribution is 0.414.